The molecule has 0 spiro atoms. The zero-order chi connectivity index (χ0) is 23.1. The fourth-order valence-electron chi connectivity index (χ4n) is 3.90. The highest BCUT2D eigenvalue weighted by Crippen LogP contribution is 2.42. The first-order valence-electron chi connectivity index (χ1n) is 11.3. The summed E-state index contributed by atoms with van der Waals surface area (Å²) in [6, 6.07) is 10.1. The second kappa shape index (κ2) is 11.2. The molecule has 31 heavy (non-hydrogen) atoms. The van der Waals surface area contributed by atoms with Crippen molar-refractivity contribution in [2.75, 3.05) is 13.4 Å². The van der Waals surface area contributed by atoms with E-state index >= 15 is 0 Å². The molecule has 176 valence electrons. The number of benzene rings is 1. The van der Waals surface area contributed by atoms with E-state index in [0.717, 1.165) is 18.4 Å². The Hall–Kier alpha value is -1.02. The van der Waals surface area contributed by atoms with Crippen molar-refractivity contribution in [1.82, 2.24) is 0 Å². The van der Waals surface area contributed by atoms with Crippen LogP contribution in [0.4, 0.5) is 0 Å². The van der Waals surface area contributed by atoms with Crippen molar-refractivity contribution in [3.05, 3.63) is 47.5 Å². The lowest BCUT2D eigenvalue weighted by molar-refractivity contribution is -0.159. The Bertz CT molecular complexity index is 698. The summed E-state index contributed by atoms with van der Waals surface area (Å²) in [4.78, 5) is 0. The van der Waals surface area contributed by atoms with Crippen LogP contribution in [0.2, 0.25) is 19.6 Å². The molecule has 1 fully saturated rings. The van der Waals surface area contributed by atoms with E-state index in [1.165, 1.54) is 5.57 Å². The van der Waals surface area contributed by atoms with Gasteiger partial charge in [-0.2, -0.15) is 0 Å². The van der Waals surface area contributed by atoms with Gasteiger partial charge in [0, 0.05) is 6.42 Å². The number of ether oxygens (including phenoxy) is 3. The fourth-order valence-corrected chi connectivity index (χ4v) is 5.54. The van der Waals surface area contributed by atoms with Crippen LogP contribution < -0.4 is 0 Å². The van der Waals surface area contributed by atoms with Crippen molar-refractivity contribution in [3.8, 4) is 0 Å². The van der Waals surface area contributed by atoms with Gasteiger partial charge in [-0.25, -0.2) is 0 Å². The summed E-state index contributed by atoms with van der Waals surface area (Å²) in [5.74, 6) is 0. The van der Waals surface area contributed by atoms with E-state index in [9.17, 15) is 5.11 Å². The SMILES string of the molecule is CC(C)=CCC[C@@](C)(O[Si](C)(C)C)[C@H](C[C@H]1O[C@]1(C)CO)OCOCc1ccccc1. The van der Waals surface area contributed by atoms with Gasteiger partial charge in [-0.1, -0.05) is 42.0 Å². The molecule has 2 rings (SSSR count). The third-order valence-electron chi connectivity index (χ3n) is 5.66. The second-order valence-corrected chi connectivity index (χ2v) is 14.7. The molecule has 1 aliphatic heterocycles. The lowest BCUT2D eigenvalue weighted by Crippen LogP contribution is -2.51. The minimum absolute atomic E-state index is 0.0122. The Kier molecular flexibility index (Phi) is 9.49. The highest BCUT2D eigenvalue weighted by molar-refractivity contribution is 6.69. The maximum Gasteiger partial charge on any atom is 0.184 e. The Morgan fingerprint density at radius 1 is 1.26 bits per heavy atom. The molecular formula is C25H42O5Si. The number of epoxide rings is 1. The summed E-state index contributed by atoms with van der Waals surface area (Å²) in [5.41, 5.74) is 1.48. The number of aliphatic hydroxyl groups excluding tert-OH is 1. The molecule has 6 heteroatoms. The van der Waals surface area contributed by atoms with Crippen LogP contribution in [0.1, 0.15) is 52.5 Å². The van der Waals surface area contributed by atoms with Gasteiger partial charge in [-0.15, -0.1) is 0 Å². The van der Waals surface area contributed by atoms with Crippen LogP contribution in [-0.2, 0) is 25.2 Å². The van der Waals surface area contributed by atoms with Crippen molar-refractivity contribution < 1.29 is 23.7 Å². The minimum atomic E-state index is -1.84. The third kappa shape index (κ3) is 8.79. The molecule has 0 saturated carbocycles. The molecule has 1 heterocycles. The Morgan fingerprint density at radius 2 is 1.94 bits per heavy atom. The highest BCUT2D eigenvalue weighted by atomic mass is 28.4. The van der Waals surface area contributed by atoms with E-state index in [1.54, 1.807) is 0 Å². The summed E-state index contributed by atoms with van der Waals surface area (Å²) >= 11 is 0. The van der Waals surface area contributed by atoms with Gasteiger partial charge in [0.15, 0.2) is 8.32 Å². The monoisotopic (exact) mass is 450 g/mol. The van der Waals surface area contributed by atoms with Gasteiger partial charge in [0.2, 0.25) is 0 Å². The van der Waals surface area contributed by atoms with Gasteiger partial charge in [0.25, 0.3) is 0 Å². The molecule has 1 aromatic carbocycles. The summed E-state index contributed by atoms with van der Waals surface area (Å²) in [6.45, 7) is 15.7. The van der Waals surface area contributed by atoms with Crippen LogP contribution in [-0.4, -0.2) is 50.2 Å². The second-order valence-electron chi connectivity index (χ2n) is 10.3. The van der Waals surface area contributed by atoms with Crippen LogP contribution in [0, 0.1) is 0 Å². The minimum Gasteiger partial charge on any atom is -0.410 e. The van der Waals surface area contributed by atoms with Crippen molar-refractivity contribution in [2.45, 2.75) is 96.6 Å². The number of aliphatic hydroxyl groups is 1. The average molecular weight is 451 g/mol. The van der Waals surface area contributed by atoms with E-state index in [-0.39, 0.29) is 25.6 Å². The van der Waals surface area contributed by atoms with Crippen molar-refractivity contribution in [2.24, 2.45) is 0 Å². The largest absolute Gasteiger partial charge is 0.410 e. The lowest BCUT2D eigenvalue weighted by atomic mass is 9.88. The van der Waals surface area contributed by atoms with Crippen LogP contribution >= 0.6 is 0 Å². The summed E-state index contributed by atoms with van der Waals surface area (Å²) in [6.07, 6.45) is 4.47. The number of hydrogen-bond donors (Lipinski definition) is 1. The molecule has 1 N–H and O–H groups in total. The first-order chi connectivity index (χ1) is 14.5. The smallest absolute Gasteiger partial charge is 0.184 e. The summed E-state index contributed by atoms with van der Waals surface area (Å²) < 4.78 is 24.7. The number of hydrogen-bond acceptors (Lipinski definition) is 5. The maximum absolute atomic E-state index is 9.66. The van der Waals surface area contributed by atoms with Crippen molar-refractivity contribution in [3.63, 3.8) is 0 Å². The molecular weight excluding hydrogens is 408 g/mol. The van der Waals surface area contributed by atoms with Crippen LogP contribution in [0.25, 0.3) is 0 Å². The van der Waals surface area contributed by atoms with Crippen LogP contribution in [0.3, 0.4) is 0 Å². The maximum atomic E-state index is 9.66. The summed E-state index contributed by atoms with van der Waals surface area (Å²) in [5, 5.41) is 9.66. The van der Waals surface area contributed by atoms with Crippen molar-refractivity contribution in [1.29, 1.82) is 0 Å². The number of allylic oxidation sites excluding steroid dienone is 2. The fraction of sp³-hybridized carbons (Fsp3) is 0.680. The number of rotatable bonds is 14. The Balaban J connectivity index is 2.10. The zero-order valence-corrected chi connectivity index (χ0v) is 21.4. The average Bonchev–Trinajstić information content (AvgIpc) is 3.33. The Morgan fingerprint density at radius 3 is 2.48 bits per heavy atom. The topological polar surface area (TPSA) is 60.5 Å². The quantitative estimate of drug-likeness (QED) is 0.134. The molecule has 5 nitrogen and oxygen atoms in total. The first kappa shape index (κ1) is 26.2. The third-order valence-corrected chi connectivity index (χ3v) is 6.73. The Labute approximate surface area is 189 Å². The first-order valence-corrected chi connectivity index (χ1v) is 14.7. The van der Waals surface area contributed by atoms with E-state index in [0.29, 0.717) is 13.0 Å². The molecule has 0 aromatic heterocycles. The predicted octanol–water partition coefficient (Wildman–Crippen LogP) is 5.44. The van der Waals surface area contributed by atoms with E-state index < -0.39 is 19.5 Å². The van der Waals surface area contributed by atoms with E-state index in [1.807, 2.05) is 37.3 Å². The standard InChI is InChI=1S/C25H42O5Si/c1-20(2)12-11-15-24(3,30-31(5,6)7)22(16-23-25(4,18-26)29-23)28-19-27-17-21-13-9-8-10-14-21/h8-10,12-14,22-23,26H,11,15-19H2,1-7H3/t22-,23+,24+,25+/m0/s1. The molecule has 0 aliphatic carbocycles. The van der Waals surface area contributed by atoms with Gasteiger partial charge in [-0.3, -0.25) is 0 Å². The summed E-state index contributed by atoms with van der Waals surface area (Å²) in [7, 11) is -1.84. The molecule has 0 amide bonds. The van der Waals surface area contributed by atoms with Gasteiger partial charge in [-0.05, 0) is 65.7 Å². The molecule has 1 saturated heterocycles. The molecule has 1 aliphatic rings. The molecule has 0 radical (unpaired) electrons. The van der Waals surface area contributed by atoms with E-state index in [2.05, 4.69) is 46.5 Å². The van der Waals surface area contributed by atoms with Gasteiger partial charge in [0.1, 0.15) is 12.4 Å². The molecule has 1 aromatic rings. The van der Waals surface area contributed by atoms with Gasteiger partial charge < -0.3 is 23.7 Å². The highest BCUT2D eigenvalue weighted by Gasteiger charge is 2.54. The lowest BCUT2D eigenvalue weighted by Gasteiger charge is -2.42. The zero-order valence-electron chi connectivity index (χ0n) is 20.4. The van der Waals surface area contributed by atoms with Gasteiger partial charge in [0.05, 0.1) is 31.0 Å². The normalized spacial score (nSPS) is 23.8. The van der Waals surface area contributed by atoms with Crippen molar-refractivity contribution >= 4 is 8.32 Å². The molecule has 0 unspecified atom stereocenters. The molecule has 0 bridgehead atoms. The van der Waals surface area contributed by atoms with E-state index in [4.69, 9.17) is 18.6 Å². The van der Waals surface area contributed by atoms with Gasteiger partial charge >= 0.3 is 0 Å². The van der Waals surface area contributed by atoms with Crippen LogP contribution in [0.15, 0.2) is 42.0 Å². The predicted molar refractivity (Wildman–Crippen MR) is 127 cm³/mol. The molecule has 4 atom stereocenters. The van der Waals surface area contributed by atoms with Crippen LogP contribution in [0.5, 0.6) is 0 Å².